The van der Waals surface area contributed by atoms with Gasteiger partial charge in [0.1, 0.15) is 19.7 Å². The Bertz CT molecular complexity index is 701. The lowest BCUT2D eigenvalue weighted by molar-refractivity contribution is -0.137. The highest BCUT2D eigenvalue weighted by atomic mass is 19.4. The molecule has 0 aromatic heterocycles. The summed E-state index contributed by atoms with van der Waals surface area (Å²) >= 11 is 0. The lowest BCUT2D eigenvalue weighted by Crippen LogP contribution is -2.12. The highest BCUT2D eigenvalue weighted by molar-refractivity contribution is 6.36. The van der Waals surface area contributed by atoms with E-state index in [0.717, 1.165) is 12.1 Å². The van der Waals surface area contributed by atoms with Gasteiger partial charge < -0.3 is 0 Å². The van der Waals surface area contributed by atoms with Gasteiger partial charge in [0, 0.05) is 5.56 Å². The minimum atomic E-state index is -4.49. The molecular formula is C14H8BF4N. The van der Waals surface area contributed by atoms with E-state index in [0.29, 0.717) is 5.46 Å². The third-order valence-corrected chi connectivity index (χ3v) is 2.97. The zero-order valence-corrected chi connectivity index (χ0v) is 10.4. The molecule has 0 amide bonds. The molecule has 0 aliphatic heterocycles. The summed E-state index contributed by atoms with van der Waals surface area (Å²) in [5.74, 6) is -0.808. The van der Waals surface area contributed by atoms with Crippen molar-refractivity contribution in [3.8, 4) is 17.2 Å². The van der Waals surface area contributed by atoms with Crippen LogP contribution in [-0.2, 0) is 6.18 Å². The SMILES string of the molecule is Bc1ccc(C(F)(F)F)cc1-c1cccc(C#N)c1F. The van der Waals surface area contributed by atoms with Gasteiger partial charge in [0.25, 0.3) is 0 Å². The van der Waals surface area contributed by atoms with Crippen LogP contribution in [0.15, 0.2) is 36.4 Å². The van der Waals surface area contributed by atoms with Crippen molar-refractivity contribution in [2.24, 2.45) is 0 Å². The third kappa shape index (κ3) is 2.52. The Morgan fingerprint density at radius 3 is 2.35 bits per heavy atom. The van der Waals surface area contributed by atoms with E-state index in [1.807, 2.05) is 0 Å². The molecule has 0 aliphatic rings. The average molecular weight is 277 g/mol. The van der Waals surface area contributed by atoms with Crippen molar-refractivity contribution in [1.29, 1.82) is 5.26 Å². The van der Waals surface area contributed by atoms with Crippen molar-refractivity contribution in [3.05, 3.63) is 53.3 Å². The molecule has 0 heterocycles. The standard InChI is InChI=1S/C14H8BF4N/c15-12-5-4-9(14(17,18)19)6-11(12)10-3-1-2-8(7-20)13(10)16/h1-6H,15H2. The van der Waals surface area contributed by atoms with E-state index in [1.54, 1.807) is 13.9 Å². The van der Waals surface area contributed by atoms with Gasteiger partial charge in [-0.2, -0.15) is 18.4 Å². The Morgan fingerprint density at radius 1 is 1.05 bits per heavy atom. The topological polar surface area (TPSA) is 23.8 Å². The van der Waals surface area contributed by atoms with Crippen LogP contribution < -0.4 is 5.46 Å². The molecule has 1 nitrogen and oxygen atoms in total. The molecule has 0 saturated carbocycles. The number of rotatable bonds is 1. The smallest absolute Gasteiger partial charge is 0.205 e. The minimum absolute atomic E-state index is 0.00681. The first-order chi connectivity index (χ1) is 9.34. The maximum Gasteiger partial charge on any atom is 0.416 e. The molecule has 0 atom stereocenters. The molecule has 0 unspecified atom stereocenters. The molecule has 100 valence electrons. The van der Waals surface area contributed by atoms with E-state index in [-0.39, 0.29) is 16.7 Å². The molecular weight excluding hydrogens is 269 g/mol. The van der Waals surface area contributed by atoms with Gasteiger partial charge in [0.15, 0.2) is 0 Å². The highest BCUT2D eigenvalue weighted by Gasteiger charge is 2.31. The quantitative estimate of drug-likeness (QED) is 0.580. The lowest BCUT2D eigenvalue weighted by atomic mass is 9.85. The Hall–Kier alpha value is -2.29. The Labute approximate surface area is 113 Å². The minimum Gasteiger partial charge on any atom is -0.205 e. The summed E-state index contributed by atoms with van der Waals surface area (Å²) in [6, 6.07) is 8.89. The monoisotopic (exact) mass is 277 g/mol. The summed E-state index contributed by atoms with van der Waals surface area (Å²) < 4.78 is 52.2. The van der Waals surface area contributed by atoms with Gasteiger partial charge in [0.05, 0.1) is 11.1 Å². The van der Waals surface area contributed by atoms with Crippen LogP contribution in [0.25, 0.3) is 11.1 Å². The van der Waals surface area contributed by atoms with Crippen LogP contribution in [0.1, 0.15) is 11.1 Å². The fourth-order valence-corrected chi connectivity index (χ4v) is 1.91. The van der Waals surface area contributed by atoms with Gasteiger partial charge >= 0.3 is 6.18 Å². The first-order valence-electron chi connectivity index (χ1n) is 5.71. The van der Waals surface area contributed by atoms with Crippen LogP contribution in [0.2, 0.25) is 0 Å². The number of benzene rings is 2. The number of nitriles is 1. The Balaban J connectivity index is 2.68. The normalized spacial score (nSPS) is 11.2. The van der Waals surface area contributed by atoms with E-state index in [4.69, 9.17) is 5.26 Å². The second-order valence-corrected chi connectivity index (χ2v) is 4.31. The lowest BCUT2D eigenvalue weighted by Gasteiger charge is -2.12. The number of hydrogen-bond acceptors (Lipinski definition) is 1. The van der Waals surface area contributed by atoms with E-state index in [1.165, 1.54) is 24.3 Å². The maximum atomic E-state index is 14.1. The zero-order chi connectivity index (χ0) is 14.9. The van der Waals surface area contributed by atoms with Crippen molar-refractivity contribution >= 4 is 13.3 Å². The van der Waals surface area contributed by atoms with Crippen LogP contribution in [0.5, 0.6) is 0 Å². The molecule has 0 fully saturated rings. The van der Waals surface area contributed by atoms with Gasteiger partial charge in [-0.1, -0.05) is 29.7 Å². The number of nitrogens with zero attached hydrogens (tertiary/aromatic N) is 1. The van der Waals surface area contributed by atoms with Crippen LogP contribution >= 0.6 is 0 Å². The van der Waals surface area contributed by atoms with E-state index in [9.17, 15) is 17.6 Å². The second-order valence-electron chi connectivity index (χ2n) is 4.31. The highest BCUT2D eigenvalue weighted by Crippen LogP contribution is 2.32. The summed E-state index contributed by atoms with van der Waals surface area (Å²) in [7, 11) is 1.59. The molecule has 0 aliphatic carbocycles. The average Bonchev–Trinajstić information content (AvgIpc) is 2.38. The molecule has 6 heteroatoms. The number of halogens is 4. The third-order valence-electron chi connectivity index (χ3n) is 2.97. The summed E-state index contributed by atoms with van der Waals surface area (Å²) in [6.45, 7) is 0. The van der Waals surface area contributed by atoms with Crippen molar-refractivity contribution < 1.29 is 17.6 Å². The van der Waals surface area contributed by atoms with Gasteiger partial charge in [-0.15, -0.1) is 0 Å². The molecule has 2 aromatic rings. The van der Waals surface area contributed by atoms with Crippen LogP contribution in [0.3, 0.4) is 0 Å². The van der Waals surface area contributed by atoms with E-state index in [2.05, 4.69) is 0 Å². The van der Waals surface area contributed by atoms with Crippen LogP contribution in [0, 0.1) is 17.1 Å². The molecule has 0 radical (unpaired) electrons. The summed E-state index contributed by atoms with van der Waals surface area (Å²) in [6.07, 6.45) is -4.49. The van der Waals surface area contributed by atoms with Crippen LogP contribution in [-0.4, -0.2) is 7.85 Å². The molecule has 0 spiro atoms. The van der Waals surface area contributed by atoms with E-state index >= 15 is 0 Å². The van der Waals surface area contributed by atoms with Gasteiger partial charge in [0.2, 0.25) is 0 Å². The predicted molar refractivity (Wildman–Crippen MR) is 69.7 cm³/mol. The zero-order valence-electron chi connectivity index (χ0n) is 10.4. The van der Waals surface area contributed by atoms with Gasteiger partial charge in [-0.05, 0) is 17.7 Å². The first-order valence-corrected chi connectivity index (χ1v) is 5.71. The Kier molecular flexibility index (Phi) is 3.54. The van der Waals surface area contributed by atoms with Crippen LogP contribution in [0.4, 0.5) is 17.6 Å². The summed E-state index contributed by atoms with van der Waals surface area (Å²) in [4.78, 5) is 0. The number of hydrogen-bond donors (Lipinski definition) is 0. The maximum absolute atomic E-state index is 14.1. The molecule has 0 saturated heterocycles. The number of alkyl halides is 3. The summed E-state index contributed by atoms with van der Waals surface area (Å²) in [5, 5.41) is 8.77. The van der Waals surface area contributed by atoms with Crippen molar-refractivity contribution in [2.45, 2.75) is 6.18 Å². The first kappa shape index (κ1) is 14.1. The molecule has 2 aromatic carbocycles. The second kappa shape index (κ2) is 5.01. The Morgan fingerprint density at radius 2 is 1.75 bits per heavy atom. The predicted octanol–water partition coefficient (Wildman–Crippen LogP) is 2.64. The summed E-state index contributed by atoms with van der Waals surface area (Å²) in [5.41, 5.74) is -0.409. The fraction of sp³-hybridized carbons (Fsp3) is 0.0714. The van der Waals surface area contributed by atoms with Crippen molar-refractivity contribution in [2.75, 3.05) is 0 Å². The van der Waals surface area contributed by atoms with E-state index < -0.39 is 17.6 Å². The van der Waals surface area contributed by atoms with Crippen molar-refractivity contribution in [3.63, 3.8) is 0 Å². The molecule has 20 heavy (non-hydrogen) atoms. The van der Waals surface area contributed by atoms with Gasteiger partial charge in [-0.3, -0.25) is 0 Å². The van der Waals surface area contributed by atoms with Crippen molar-refractivity contribution in [1.82, 2.24) is 0 Å². The molecule has 0 bridgehead atoms. The van der Waals surface area contributed by atoms with Gasteiger partial charge in [-0.25, -0.2) is 4.39 Å². The largest absolute Gasteiger partial charge is 0.416 e. The molecule has 2 rings (SSSR count). The fourth-order valence-electron chi connectivity index (χ4n) is 1.91. The molecule has 0 N–H and O–H groups in total.